The molecule has 2 aromatic heterocycles. The highest BCUT2D eigenvalue weighted by atomic mass is 35.5. The zero-order valence-corrected chi connectivity index (χ0v) is 23.2. The van der Waals surface area contributed by atoms with Crippen molar-refractivity contribution in [1.82, 2.24) is 24.5 Å². The molecule has 0 radical (unpaired) electrons. The number of aryl methyl sites for hydroxylation is 1. The van der Waals surface area contributed by atoms with Crippen molar-refractivity contribution in [3.63, 3.8) is 0 Å². The van der Waals surface area contributed by atoms with Gasteiger partial charge in [-0.3, -0.25) is 14.4 Å². The van der Waals surface area contributed by atoms with Crippen LogP contribution in [0.5, 0.6) is 0 Å². The van der Waals surface area contributed by atoms with Crippen LogP contribution in [-0.2, 0) is 12.8 Å². The normalized spacial score (nSPS) is 22.1. The highest BCUT2D eigenvalue weighted by Gasteiger charge is 2.55. The third-order valence-electron chi connectivity index (χ3n) is 8.92. The van der Waals surface area contributed by atoms with Crippen molar-refractivity contribution >= 4 is 22.9 Å². The molecule has 10 heteroatoms. The molecule has 1 saturated carbocycles. The minimum Gasteiger partial charge on any atom is -0.287 e. The number of fused-ring (bicyclic) bond motifs is 4. The predicted molar refractivity (Wildman–Crippen MR) is 156 cm³/mol. The lowest BCUT2D eigenvalue weighted by Crippen LogP contribution is -2.30. The number of aliphatic imine (C=N–C) groups is 1. The van der Waals surface area contributed by atoms with Crippen LogP contribution in [0, 0.1) is 5.92 Å². The second-order valence-corrected chi connectivity index (χ2v) is 12.0. The van der Waals surface area contributed by atoms with E-state index < -0.39 is 12.1 Å². The van der Waals surface area contributed by atoms with Crippen LogP contribution in [0.4, 0.5) is 8.78 Å². The van der Waals surface area contributed by atoms with Crippen LogP contribution in [0.25, 0.3) is 22.5 Å². The van der Waals surface area contributed by atoms with Crippen molar-refractivity contribution < 1.29 is 8.78 Å². The molecule has 0 spiro atoms. The largest absolute Gasteiger partial charge is 0.287 e. The number of alkyl halides is 2. The molecule has 0 N–H and O–H groups in total. The summed E-state index contributed by atoms with van der Waals surface area (Å²) in [4.78, 5) is 23.5. The van der Waals surface area contributed by atoms with E-state index in [2.05, 4.69) is 35.1 Å². The van der Waals surface area contributed by atoms with Gasteiger partial charge in [0.15, 0.2) is 0 Å². The van der Waals surface area contributed by atoms with Crippen LogP contribution in [0.2, 0.25) is 5.02 Å². The van der Waals surface area contributed by atoms with Gasteiger partial charge in [0, 0.05) is 40.9 Å². The number of hydrogen-bond donors (Lipinski definition) is 0. The Morgan fingerprint density at radius 1 is 1.05 bits per heavy atom. The Morgan fingerprint density at radius 3 is 2.76 bits per heavy atom. The summed E-state index contributed by atoms with van der Waals surface area (Å²) >= 11 is 6.32. The number of hydrogen-bond acceptors (Lipinski definition) is 5. The summed E-state index contributed by atoms with van der Waals surface area (Å²) in [6.07, 6.45) is 5.02. The fourth-order valence-electron chi connectivity index (χ4n) is 6.75. The minimum absolute atomic E-state index is 0.128. The molecule has 4 aliphatic rings. The summed E-state index contributed by atoms with van der Waals surface area (Å²) < 4.78 is 29.4. The van der Waals surface area contributed by atoms with E-state index in [1.54, 1.807) is 22.8 Å². The third kappa shape index (κ3) is 4.09. The summed E-state index contributed by atoms with van der Waals surface area (Å²) in [6.45, 7) is 4.15. The monoisotopic (exact) mass is 582 g/mol. The molecule has 2 aliphatic heterocycles. The molecule has 42 heavy (non-hydrogen) atoms. The molecule has 3 unspecified atom stereocenters. The average Bonchev–Trinajstić information content (AvgIpc) is 3.30. The number of benzene rings is 2. The fourth-order valence-corrected chi connectivity index (χ4v) is 6.92. The summed E-state index contributed by atoms with van der Waals surface area (Å²) in [6, 6.07) is 13.0. The Hall–Kier alpha value is -4.24. The number of halogens is 3. The molecule has 2 aliphatic carbocycles. The average molecular weight is 583 g/mol. The standard InChI is InChI=1S/C32H25ClF2N6O/c1-16-2-3-18-9-19(5-4-17(18)8-16)20-10-26(36-14-20)30-22-12-23(22)32-37-25(13-29(42)41(30)32)24-11-21(33)6-7-28(24)40-15-27(31(34)35)38-39-40/h4-7,9,11,13-15,22-23,30-31H,1-3,8,10,12H2. The molecule has 4 aromatic rings. The minimum atomic E-state index is -2.75. The lowest BCUT2D eigenvalue weighted by atomic mass is 9.86. The molecule has 210 valence electrons. The van der Waals surface area contributed by atoms with Crippen molar-refractivity contribution in [1.29, 1.82) is 0 Å². The molecule has 4 heterocycles. The molecule has 7 nitrogen and oxygen atoms in total. The van der Waals surface area contributed by atoms with Crippen LogP contribution >= 0.6 is 11.6 Å². The van der Waals surface area contributed by atoms with E-state index in [4.69, 9.17) is 21.6 Å². The molecule has 0 amide bonds. The molecule has 2 aromatic carbocycles. The first-order valence-electron chi connectivity index (χ1n) is 14.0. The summed E-state index contributed by atoms with van der Waals surface area (Å²) in [5, 5.41) is 7.87. The molecular formula is C32H25ClF2N6O. The maximum absolute atomic E-state index is 13.7. The second kappa shape index (κ2) is 9.39. The first-order valence-corrected chi connectivity index (χ1v) is 14.4. The van der Waals surface area contributed by atoms with Crippen LogP contribution in [0.1, 0.15) is 65.9 Å². The van der Waals surface area contributed by atoms with Crippen LogP contribution in [0.3, 0.4) is 0 Å². The first-order chi connectivity index (χ1) is 20.3. The lowest BCUT2D eigenvalue weighted by molar-refractivity contribution is 0.146. The Bertz CT molecular complexity index is 1940. The van der Waals surface area contributed by atoms with Crippen molar-refractivity contribution in [2.75, 3.05) is 0 Å². The molecular weight excluding hydrogens is 558 g/mol. The van der Waals surface area contributed by atoms with E-state index in [0.717, 1.165) is 37.2 Å². The zero-order valence-electron chi connectivity index (χ0n) is 22.5. The number of aromatic nitrogens is 5. The van der Waals surface area contributed by atoms with Gasteiger partial charge in [-0.25, -0.2) is 18.4 Å². The van der Waals surface area contributed by atoms with E-state index in [1.807, 2.05) is 6.20 Å². The van der Waals surface area contributed by atoms with E-state index in [0.29, 0.717) is 28.4 Å². The van der Waals surface area contributed by atoms with Gasteiger partial charge in [0.25, 0.3) is 12.0 Å². The SMILES string of the molecule is C=C1CCc2cc(C3=CN=C(C4C5CC5c5nc(-c6cc(Cl)ccc6-n6cc(C(F)F)nn6)cc(=O)n54)C3)ccc2C1. The second-order valence-electron chi connectivity index (χ2n) is 11.6. The van der Waals surface area contributed by atoms with Crippen LogP contribution in [0.15, 0.2) is 76.8 Å². The van der Waals surface area contributed by atoms with Crippen molar-refractivity contribution in [2.45, 2.75) is 50.5 Å². The Balaban J connectivity index is 1.11. The number of rotatable bonds is 5. The summed E-state index contributed by atoms with van der Waals surface area (Å²) in [7, 11) is 0. The van der Waals surface area contributed by atoms with Crippen molar-refractivity contribution in [3.8, 4) is 16.9 Å². The van der Waals surface area contributed by atoms with Gasteiger partial charge in [-0.05, 0) is 72.1 Å². The molecule has 1 fully saturated rings. The summed E-state index contributed by atoms with van der Waals surface area (Å²) in [5.74, 6) is 1.19. The topological polar surface area (TPSA) is 78.0 Å². The van der Waals surface area contributed by atoms with Crippen LogP contribution in [-0.4, -0.2) is 30.3 Å². The van der Waals surface area contributed by atoms with Crippen molar-refractivity contribution in [2.24, 2.45) is 10.9 Å². The quantitative estimate of drug-likeness (QED) is 0.246. The van der Waals surface area contributed by atoms with Gasteiger partial charge in [-0.2, -0.15) is 0 Å². The highest BCUT2D eigenvalue weighted by Crippen LogP contribution is 2.59. The van der Waals surface area contributed by atoms with Gasteiger partial charge in [0.05, 0.1) is 23.6 Å². The Kier molecular flexibility index (Phi) is 5.69. The van der Waals surface area contributed by atoms with E-state index in [1.165, 1.54) is 44.8 Å². The van der Waals surface area contributed by atoms with Gasteiger partial charge >= 0.3 is 0 Å². The molecule has 3 atom stereocenters. The van der Waals surface area contributed by atoms with Crippen molar-refractivity contribution in [3.05, 3.63) is 111 Å². The molecule has 0 saturated heterocycles. The zero-order chi connectivity index (χ0) is 28.7. The summed E-state index contributed by atoms with van der Waals surface area (Å²) in [5.41, 5.74) is 8.16. The van der Waals surface area contributed by atoms with Gasteiger partial charge in [0.1, 0.15) is 11.5 Å². The Morgan fingerprint density at radius 2 is 1.93 bits per heavy atom. The molecule has 0 bridgehead atoms. The van der Waals surface area contributed by atoms with Crippen LogP contribution < -0.4 is 5.56 Å². The smallest absolute Gasteiger partial charge is 0.283 e. The predicted octanol–water partition coefficient (Wildman–Crippen LogP) is 6.67. The van der Waals surface area contributed by atoms with E-state index in [-0.39, 0.29) is 23.4 Å². The first kappa shape index (κ1) is 25.5. The van der Waals surface area contributed by atoms with E-state index >= 15 is 0 Å². The number of allylic oxidation sites excluding steroid dienone is 2. The highest BCUT2D eigenvalue weighted by molar-refractivity contribution is 6.31. The Labute approximate surface area is 244 Å². The van der Waals surface area contributed by atoms with Gasteiger partial charge < -0.3 is 0 Å². The third-order valence-corrected chi connectivity index (χ3v) is 9.15. The molecule has 8 rings (SSSR count). The van der Waals surface area contributed by atoms with Gasteiger partial charge in [-0.1, -0.05) is 47.2 Å². The van der Waals surface area contributed by atoms with E-state index in [9.17, 15) is 13.6 Å². The maximum atomic E-state index is 13.7. The van der Waals surface area contributed by atoms with Gasteiger partial charge in [0.2, 0.25) is 0 Å². The fraction of sp³-hybridized carbons (Fsp3) is 0.281. The lowest BCUT2D eigenvalue weighted by Gasteiger charge is -2.20. The van der Waals surface area contributed by atoms with Gasteiger partial charge in [-0.15, -0.1) is 5.10 Å². The maximum Gasteiger partial charge on any atom is 0.283 e. The number of nitrogens with zero attached hydrogens (tertiary/aromatic N) is 6.